The van der Waals surface area contributed by atoms with Gasteiger partial charge in [-0.3, -0.25) is 4.79 Å². The molecule has 2 aliphatic rings. The maximum atomic E-state index is 13.6. The number of amides is 1. The van der Waals surface area contributed by atoms with Crippen molar-refractivity contribution in [2.45, 2.75) is 30.9 Å². The second-order valence-electron chi connectivity index (χ2n) is 9.58. The Bertz CT molecular complexity index is 1390. The van der Waals surface area contributed by atoms with Crippen molar-refractivity contribution in [3.05, 3.63) is 83.9 Å². The number of ether oxygens (including phenoxy) is 2. The smallest absolute Gasteiger partial charge is 0.263 e. The molecule has 1 saturated heterocycles. The van der Waals surface area contributed by atoms with Crippen molar-refractivity contribution in [2.75, 3.05) is 44.7 Å². The molecule has 0 aromatic heterocycles. The van der Waals surface area contributed by atoms with Gasteiger partial charge in [0.05, 0.1) is 17.7 Å². The summed E-state index contributed by atoms with van der Waals surface area (Å²) in [5.74, 6) is 1.20. The molecule has 9 heteroatoms. The van der Waals surface area contributed by atoms with Crippen LogP contribution in [0.1, 0.15) is 18.1 Å². The summed E-state index contributed by atoms with van der Waals surface area (Å²) in [6.45, 7) is 4.70. The van der Waals surface area contributed by atoms with E-state index in [0.717, 1.165) is 5.56 Å². The first-order chi connectivity index (χ1) is 18.4. The van der Waals surface area contributed by atoms with E-state index < -0.39 is 16.1 Å². The molecular formula is C29H33N3O5S. The Balaban J connectivity index is 1.28. The number of methoxy groups -OCH3 is 1. The van der Waals surface area contributed by atoms with Gasteiger partial charge >= 0.3 is 0 Å². The number of piperazine rings is 1. The van der Waals surface area contributed by atoms with Crippen molar-refractivity contribution >= 4 is 21.6 Å². The zero-order valence-electron chi connectivity index (χ0n) is 21.7. The largest absolute Gasteiger partial charge is 0.495 e. The topological polar surface area (TPSA) is 79.4 Å². The van der Waals surface area contributed by atoms with E-state index in [1.54, 1.807) is 41.4 Å². The van der Waals surface area contributed by atoms with E-state index in [0.29, 0.717) is 62.9 Å². The number of sulfonamides is 1. The average Bonchev–Trinajstić information content (AvgIpc) is 2.96. The number of fused-ring (bicyclic) bond motifs is 1. The van der Waals surface area contributed by atoms with Crippen LogP contribution in [0.2, 0.25) is 0 Å². The van der Waals surface area contributed by atoms with Crippen LogP contribution in [0.4, 0.5) is 5.69 Å². The molecule has 0 aliphatic carbocycles. The first kappa shape index (κ1) is 26.1. The fraction of sp³-hybridized carbons (Fsp3) is 0.345. The van der Waals surface area contributed by atoms with Crippen LogP contribution in [-0.2, 0) is 27.8 Å². The number of carbonyl (C=O) groups excluding carboxylic acids is 1. The van der Waals surface area contributed by atoms with Gasteiger partial charge in [-0.1, -0.05) is 42.5 Å². The lowest BCUT2D eigenvalue weighted by Crippen LogP contribution is -2.52. The fourth-order valence-corrected chi connectivity index (χ4v) is 6.52. The number of benzene rings is 3. The van der Waals surface area contributed by atoms with Gasteiger partial charge in [-0.05, 0) is 54.8 Å². The minimum absolute atomic E-state index is 0.0674. The van der Waals surface area contributed by atoms with Crippen LogP contribution >= 0.6 is 0 Å². The highest BCUT2D eigenvalue weighted by Gasteiger charge is 2.31. The van der Waals surface area contributed by atoms with E-state index in [-0.39, 0.29) is 10.8 Å². The fourth-order valence-electron chi connectivity index (χ4n) is 5.08. The van der Waals surface area contributed by atoms with Crippen molar-refractivity contribution in [1.82, 2.24) is 9.21 Å². The molecule has 38 heavy (non-hydrogen) atoms. The summed E-state index contributed by atoms with van der Waals surface area (Å²) in [4.78, 5) is 17.1. The molecule has 200 valence electrons. The molecule has 2 heterocycles. The zero-order chi connectivity index (χ0) is 26.7. The van der Waals surface area contributed by atoms with E-state index in [9.17, 15) is 13.2 Å². The molecule has 0 unspecified atom stereocenters. The maximum absolute atomic E-state index is 13.6. The van der Waals surface area contributed by atoms with Crippen molar-refractivity contribution in [1.29, 1.82) is 0 Å². The third-order valence-electron chi connectivity index (χ3n) is 7.22. The van der Waals surface area contributed by atoms with Crippen LogP contribution in [0.15, 0.2) is 77.7 Å². The summed E-state index contributed by atoms with van der Waals surface area (Å²) < 4.78 is 40.1. The van der Waals surface area contributed by atoms with Gasteiger partial charge < -0.3 is 19.3 Å². The lowest BCUT2D eigenvalue weighted by Gasteiger charge is -2.37. The number of hydrogen-bond donors (Lipinski definition) is 0. The van der Waals surface area contributed by atoms with Crippen molar-refractivity contribution in [3.8, 4) is 11.5 Å². The molecule has 1 atom stereocenters. The van der Waals surface area contributed by atoms with Crippen LogP contribution in [0.3, 0.4) is 0 Å². The van der Waals surface area contributed by atoms with Gasteiger partial charge in [-0.25, -0.2) is 8.42 Å². The predicted molar refractivity (Wildman–Crippen MR) is 146 cm³/mol. The Morgan fingerprint density at radius 3 is 2.26 bits per heavy atom. The second-order valence-corrected chi connectivity index (χ2v) is 11.5. The third kappa shape index (κ3) is 5.35. The van der Waals surface area contributed by atoms with Crippen molar-refractivity contribution < 1.29 is 22.7 Å². The van der Waals surface area contributed by atoms with E-state index in [1.807, 2.05) is 48.5 Å². The summed E-state index contributed by atoms with van der Waals surface area (Å²) in [6, 6.07) is 22.3. The maximum Gasteiger partial charge on any atom is 0.263 e. The van der Waals surface area contributed by atoms with Crippen LogP contribution in [0.25, 0.3) is 0 Å². The molecule has 2 aliphatic heterocycles. The summed E-state index contributed by atoms with van der Waals surface area (Å²) in [6.07, 6.45) is 0.0995. The number of carbonyl (C=O) groups is 1. The summed E-state index contributed by atoms with van der Waals surface area (Å²) in [5.41, 5.74) is 2.96. The molecule has 0 N–H and O–H groups in total. The Kier molecular flexibility index (Phi) is 7.58. The summed E-state index contributed by atoms with van der Waals surface area (Å²) in [5, 5.41) is 0. The summed E-state index contributed by atoms with van der Waals surface area (Å²) >= 11 is 0. The lowest BCUT2D eigenvalue weighted by atomic mass is 10.0. The van der Waals surface area contributed by atoms with E-state index in [1.165, 1.54) is 5.56 Å². The highest BCUT2D eigenvalue weighted by Crippen LogP contribution is 2.34. The molecule has 0 radical (unpaired) electrons. The third-order valence-corrected chi connectivity index (χ3v) is 9.06. The molecular weight excluding hydrogens is 502 g/mol. The van der Waals surface area contributed by atoms with Crippen LogP contribution in [0.5, 0.6) is 11.5 Å². The molecule has 1 fully saturated rings. The van der Waals surface area contributed by atoms with Gasteiger partial charge in [0.15, 0.2) is 6.10 Å². The SMILES string of the molecule is COc1ccc(S(=O)(=O)N2CCc3ccccc3C2)cc1N1CCN(C(=O)[C@H](C)Oc2ccccc2)CC1. The minimum Gasteiger partial charge on any atom is -0.495 e. The number of anilines is 1. The van der Waals surface area contributed by atoms with Gasteiger partial charge in [-0.2, -0.15) is 4.31 Å². The monoisotopic (exact) mass is 535 g/mol. The Labute approximate surface area is 224 Å². The van der Waals surface area contributed by atoms with Crippen LogP contribution in [-0.4, -0.2) is 69.5 Å². The number of para-hydroxylation sites is 1. The first-order valence-electron chi connectivity index (χ1n) is 12.9. The normalized spacial score (nSPS) is 17.0. The lowest BCUT2D eigenvalue weighted by molar-refractivity contribution is -0.138. The molecule has 3 aromatic carbocycles. The second kappa shape index (κ2) is 11.0. The number of rotatable bonds is 7. The number of nitrogens with zero attached hydrogens (tertiary/aromatic N) is 3. The van der Waals surface area contributed by atoms with E-state index in [4.69, 9.17) is 9.47 Å². The highest BCUT2D eigenvalue weighted by molar-refractivity contribution is 7.89. The van der Waals surface area contributed by atoms with Crippen LogP contribution in [0, 0.1) is 0 Å². The highest BCUT2D eigenvalue weighted by atomic mass is 32.2. The standard InChI is InChI=1S/C29H33N3O5S/c1-22(37-25-10-4-3-5-11-25)29(33)31-18-16-30(17-19-31)27-20-26(12-13-28(27)36-2)38(34,35)32-15-14-23-8-6-7-9-24(23)21-32/h3-13,20,22H,14-19,21H2,1-2H3/t22-/m0/s1. The molecule has 5 rings (SSSR count). The molecule has 0 bridgehead atoms. The van der Waals surface area contributed by atoms with Gasteiger partial charge in [0.2, 0.25) is 10.0 Å². The van der Waals surface area contributed by atoms with Crippen LogP contribution < -0.4 is 14.4 Å². The first-order valence-corrected chi connectivity index (χ1v) is 14.3. The van der Waals surface area contributed by atoms with Gasteiger partial charge in [0.1, 0.15) is 11.5 Å². The Morgan fingerprint density at radius 2 is 1.55 bits per heavy atom. The molecule has 3 aromatic rings. The molecule has 1 amide bonds. The zero-order valence-corrected chi connectivity index (χ0v) is 22.6. The molecule has 8 nitrogen and oxygen atoms in total. The van der Waals surface area contributed by atoms with Crippen molar-refractivity contribution in [3.63, 3.8) is 0 Å². The minimum atomic E-state index is -3.69. The van der Waals surface area contributed by atoms with Gasteiger partial charge in [0.25, 0.3) is 5.91 Å². The van der Waals surface area contributed by atoms with E-state index in [2.05, 4.69) is 11.0 Å². The van der Waals surface area contributed by atoms with Crippen molar-refractivity contribution in [2.24, 2.45) is 0 Å². The Hall–Kier alpha value is -3.56. The number of hydrogen-bond acceptors (Lipinski definition) is 6. The van der Waals surface area contributed by atoms with Gasteiger partial charge in [0, 0.05) is 39.3 Å². The molecule has 0 saturated carbocycles. The van der Waals surface area contributed by atoms with Gasteiger partial charge in [-0.15, -0.1) is 0 Å². The average molecular weight is 536 g/mol. The summed E-state index contributed by atoms with van der Waals surface area (Å²) in [7, 11) is -2.11. The van der Waals surface area contributed by atoms with E-state index >= 15 is 0 Å². The molecule has 0 spiro atoms. The quantitative estimate of drug-likeness (QED) is 0.461. The predicted octanol–water partition coefficient (Wildman–Crippen LogP) is 3.56. The Morgan fingerprint density at radius 1 is 0.868 bits per heavy atom.